The molecule has 0 aliphatic carbocycles. The van der Waals surface area contributed by atoms with Gasteiger partial charge in [-0.15, -0.1) is 0 Å². The van der Waals surface area contributed by atoms with Gasteiger partial charge in [-0.05, 0) is 41.9 Å². The maximum Gasteiger partial charge on any atom is 0.250 e. The summed E-state index contributed by atoms with van der Waals surface area (Å²) in [6, 6.07) is 5.72. The molecular weight excluding hydrogens is 250 g/mol. The summed E-state index contributed by atoms with van der Waals surface area (Å²) >= 11 is 6.03. The van der Waals surface area contributed by atoms with Crippen LogP contribution in [0.4, 0.5) is 0 Å². The highest BCUT2D eigenvalue weighted by Gasteiger charge is 2.38. The smallest absolute Gasteiger partial charge is 0.250 e. The minimum atomic E-state index is -1.78. The molecule has 0 aromatic heterocycles. The maximum absolute atomic E-state index is 6.19. The lowest BCUT2D eigenvalue weighted by Crippen LogP contribution is -2.43. The van der Waals surface area contributed by atoms with Gasteiger partial charge in [0.2, 0.25) is 8.32 Å². The number of nitrogens with two attached hydrogens (primary N) is 1. The molecule has 0 bridgehead atoms. The molecule has 0 radical (unpaired) electrons. The second kappa shape index (κ2) is 5.00. The molecule has 17 heavy (non-hydrogen) atoms. The van der Waals surface area contributed by atoms with Crippen LogP contribution in [0.3, 0.4) is 0 Å². The molecule has 4 heteroatoms. The molecule has 0 unspecified atom stereocenters. The first kappa shape index (κ1) is 14.5. The molecule has 0 atom stereocenters. The second-order valence-electron chi connectivity index (χ2n) is 5.82. The molecule has 1 aromatic rings. The van der Waals surface area contributed by atoms with Gasteiger partial charge in [-0.1, -0.05) is 32.4 Å². The Morgan fingerprint density at radius 2 is 1.88 bits per heavy atom. The largest absolute Gasteiger partial charge is 0.543 e. The summed E-state index contributed by atoms with van der Waals surface area (Å²) in [5.41, 5.74) is 6.57. The monoisotopic (exact) mass is 271 g/mol. The molecular formula is C13H22ClNOSi. The van der Waals surface area contributed by atoms with Crippen LogP contribution in [0.25, 0.3) is 0 Å². The van der Waals surface area contributed by atoms with Gasteiger partial charge in [0.15, 0.2) is 0 Å². The van der Waals surface area contributed by atoms with Crippen LogP contribution in [0, 0.1) is 0 Å². The zero-order chi connectivity index (χ0) is 13.3. The summed E-state index contributed by atoms with van der Waals surface area (Å²) in [4.78, 5) is 0. The van der Waals surface area contributed by atoms with Crippen molar-refractivity contribution in [2.75, 3.05) is 0 Å². The van der Waals surface area contributed by atoms with Gasteiger partial charge >= 0.3 is 0 Å². The van der Waals surface area contributed by atoms with Crippen molar-refractivity contribution in [2.45, 2.75) is 45.4 Å². The molecule has 0 aliphatic rings. The highest BCUT2D eigenvalue weighted by molar-refractivity contribution is 6.74. The zero-order valence-electron chi connectivity index (χ0n) is 11.3. The van der Waals surface area contributed by atoms with E-state index in [1.54, 1.807) is 0 Å². The maximum atomic E-state index is 6.19. The fraction of sp³-hybridized carbons (Fsp3) is 0.538. The topological polar surface area (TPSA) is 35.2 Å². The van der Waals surface area contributed by atoms with Gasteiger partial charge in [-0.25, -0.2) is 0 Å². The van der Waals surface area contributed by atoms with Gasteiger partial charge in [0.1, 0.15) is 5.75 Å². The van der Waals surface area contributed by atoms with E-state index in [0.29, 0.717) is 11.6 Å². The third-order valence-electron chi connectivity index (χ3n) is 3.42. The van der Waals surface area contributed by atoms with E-state index in [1.165, 1.54) is 0 Å². The lowest BCUT2D eigenvalue weighted by molar-refractivity contribution is 0.491. The summed E-state index contributed by atoms with van der Waals surface area (Å²) in [5.74, 6) is 0.876. The third kappa shape index (κ3) is 3.47. The second-order valence-corrected chi connectivity index (χ2v) is 11.0. The van der Waals surface area contributed by atoms with E-state index in [0.717, 1.165) is 11.3 Å². The number of hydrogen-bond acceptors (Lipinski definition) is 2. The van der Waals surface area contributed by atoms with Crippen molar-refractivity contribution in [3.8, 4) is 5.75 Å². The van der Waals surface area contributed by atoms with Crippen molar-refractivity contribution in [2.24, 2.45) is 5.73 Å². The van der Waals surface area contributed by atoms with Crippen molar-refractivity contribution in [3.63, 3.8) is 0 Å². The number of hydrogen-bond donors (Lipinski definition) is 1. The lowest BCUT2D eigenvalue weighted by atomic mass is 10.2. The SMILES string of the molecule is CC(C)(C)[Si](C)(C)Oc1ccc(Cl)c(CN)c1. The van der Waals surface area contributed by atoms with Crippen LogP contribution >= 0.6 is 11.6 Å². The quantitative estimate of drug-likeness (QED) is 0.837. The van der Waals surface area contributed by atoms with E-state index in [9.17, 15) is 0 Å². The van der Waals surface area contributed by atoms with Gasteiger partial charge in [0, 0.05) is 11.6 Å². The van der Waals surface area contributed by atoms with Crippen molar-refractivity contribution in [3.05, 3.63) is 28.8 Å². The van der Waals surface area contributed by atoms with E-state index in [1.807, 2.05) is 18.2 Å². The predicted octanol–water partition coefficient (Wildman–Crippen LogP) is 4.18. The Labute approximate surface area is 110 Å². The van der Waals surface area contributed by atoms with Crippen LogP contribution in [0.2, 0.25) is 23.2 Å². The van der Waals surface area contributed by atoms with Gasteiger partial charge < -0.3 is 10.2 Å². The van der Waals surface area contributed by atoms with Gasteiger partial charge in [0.05, 0.1) is 0 Å². The molecule has 0 saturated heterocycles. The zero-order valence-corrected chi connectivity index (χ0v) is 13.1. The number of rotatable bonds is 3. The Balaban J connectivity index is 2.96. The number of halogens is 1. The predicted molar refractivity (Wildman–Crippen MR) is 77.2 cm³/mol. The lowest BCUT2D eigenvalue weighted by Gasteiger charge is -2.36. The fourth-order valence-corrected chi connectivity index (χ4v) is 2.44. The van der Waals surface area contributed by atoms with E-state index < -0.39 is 8.32 Å². The minimum Gasteiger partial charge on any atom is -0.543 e. The normalized spacial score (nSPS) is 12.6. The Bertz CT molecular complexity index is 399. The third-order valence-corrected chi connectivity index (χ3v) is 8.14. The van der Waals surface area contributed by atoms with Crippen LogP contribution in [0.5, 0.6) is 5.75 Å². The van der Waals surface area contributed by atoms with Crippen molar-refractivity contribution in [1.29, 1.82) is 0 Å². The molecule has 0 amide bonds. The van der Waals surface area contributed by atoms with Crippen LogP contribution < -0.4 is 10.2 Å². The van der Waals surface area contributed by atoms with Crippen LogP contribution in [-0.2, 0) is 6.54 Å². The average molecular weight is 272 g/mol. The highest BCUT2D eigenvalue weighted by atomic mass is 35.5. The van der Waals surface area contributed by atoms with Gasteiger partial charge in [-0.3, -0.25) is 0 Å². The van der Waals surface area contributed by atoms with E-state index in [2.05, 4.69) is 33.9 Å². The first-order valence-electron chi connectivity index (χ1n) is 5.85. The Morgan fingerprint density at radius 1 is 1.29 bits per heavy atom. The van der Waals surface area contributed by atoms with Gasteiger partial charge in [0.25, 0.3) is 0 Å². The van der Waals surface area contributed by atoms with Crippen molar-refractivity contribution >= 4 is 19.9 Å². The van der Waals surface area contributed by atoms with Crippen LogP contribution in [-0.4, -0.2) is 8.32 Å². The molecule has 2 N–H and O–H groups in total. The molecule has 96 valence electrons. The van der Waals surface area contributed by atoms with E-state index in [-0.39, 0.29) is 5.04 Å². The Hall–Kier alpha value is -0.513. The summed E-state index contributed by atoms with van der Waals surface area (Å²) in [6.07, 6.45) is 0. The summed E-state index contributed by atoms with van der Waals surface area (Å²) in [7, 11) is -1.78. The molecule has 0 heterocycles. The molecule has 2 nitrogen and oxygen atoms in total. The van der Waals surface area contributed by atoms with E-state index in [4.69, 9.17) is 21.8 Å². The van der Waals surface area contributed by atoms with Crippen LogP contribution in [0.15, 0.2) is 18.2 Å². The first-order valence-corrected chi connectivity index (χ1v) is 9.13. The summed E-state index contributed by atoms with van der Waals surface area (Å²) < 4.78 is 6.19. The fourth-order valence-electron chi connectivity index (χ4n) is 1.22. The molecule has 0 fully saturated rings. The minimum absolute atomic E-state index is 0.190. The standard InChI is InChI=1S/C13H22ClNOSi/c1-13(2,3)17(4,5)16-11-6-7-12(14)10(8-11)9-15/h6-8H,9,15H2,1-5H3. The van der Waals surface area contributed by atoms with Crippen molar-refractivity contribution in [1.82, 2.24) is 0 Å². The number of benzene rings is 1. The van der Waals surface area contributed by atoms with Crippen LogP contribution in [0.1, 0.15) is 26.3 Å². The van der Waals surface area contributed by atoms with E-state index >= 15 is 0 Å². The Kier molecular flexibility index (Phi) is 4.28. The highest BCUT2D eigenvalue weighted by Crippen LogP contribution is 2.37. The van der Waals surface area contributed by atoms with Gasteiger partial charge in [-0.2, -0.15) is 0 Å². The molecule has 0 spiro atoms. The first-order chi connectivity index (χ1) is 7.67. The van der Waals surface area contributed by atoms with Crippen molar-refractivity contribution < 1.29 is 4.43 Å². The average Bonchev–Trinajstić information content (AvgIpc) is 2.19. The molecule has 1 rings (SSSR count). The molecule has 0 saturated carbocycles. The molecule has 1 aromatic carbocycles. The summed E-state index contributed by atoms with van der Waals surface area (Å²) in [5, 5.41) is 0.894. The summed E-state index contributed by atoms with van der Waals surface area (Å²) in [6.45, 7) is 11.6. The molecule has 0 aliphatic heterocycles. The Morgan fingerprint density at radius 3 is 2.35 bits per heavy atom.